The third kappa shape index (κ3) is 2.69. The van der Waals surface area contributed by atoms with Crippen LogP contribution in [0.2, 0.25) is 0 Å². The largest absolute Gasteiger partial charge is 0.508 e. The van der Waals surface area contributed by atoms with Crippen LogP contribution in [0, 0.1) is 51.0 Å². The summed E-state index contributed by atoms with van der Waals surface area (Å²) in [5, 5.41) is 8.92. The van der Waals surface area contributed by atoms with E-state index < -0.39 is 0 Å². The van der Waals surface area contributed by atoms with E-state index in [2.05, 4.69) is 0 Å². The van der Waals surface area contributed by atoms with Gasteiger partial charge < -0.3 is 5.11 Å². The molecule has 1 N–H and O–H groups in total. The van der Waals surface area contributed by atoms with Crippen LogP contribution in [-0.2, 0) is 0 Å². The van der Waals surface area contributed by atoms with E-state index in [0.29, 0.717) is 5.75 Å². The van der Waals surface area contributed by atoms with Gasteiger partial charge in [-0.1, -0.05) is 18.2 Å². The SMILES string of the molecule is Cc1ccccc1O.[Ac]. The van der Waals surface area contributed by atoms with Crippen LogP contribution in [0.4, 0.5) is 0 Å². The second-order valence-corrected chi connectivity index (χ2v) is 1.79. The van der Waals surface area contributed by atoms with Gasteiger partial charge in [0.1, 0.15) is 5.75 Å². The molecule has 0 unspecified atom stereocenters. The first-order valence-corrected chi connectivity index (χ1v) is 2.55. The monoisotopic (exact) mass is 335 g/mol. The van der Waals surface area contributed by atoms with Crippen LogP contribution in [0.25, 0.3) is 0 Å². The summed E-state index contributed by atoms with van der Waals surface area (Å²) < 4.78 is 0. The van der Waals surface area contributed by atoms with Crippen LogP contribution < -0.4 is 0 Å². The molecule has 1 aromatic rings. The molecule has 0 atom stereocenters. The summed E-state index contributed by atoms with van der Waals surface area (Å²) in [7, 11) is 0. The fourth-order valence-electron chi connectivity index (χ4n) is 0.563. The van der Waals surface area contributed by atoms with Crippen LogP contribution in [0.3, 0.4) is 0 Å². The van der Waals surface area contributed by atoms with Gasteiger partial charge in [0, 0.05) is 44.1 Å². The minimum atomic E-state index is 0. The summed E-state index contributed by atoms with van der Waals surface area (Å²) in [5.74, 6) is 0.368. The maximum atomic E-state index is 8.92. The molecule has 0 saturated heterocycles. The summed E-state index contributed by atoms with van der Waals surface area (Å²) >= 11 is 0. The molecule has 1 radical (unpaired) electrons. The van der Waals surface area contributed by atoms with Crippen molar-refractivity contribution in [3.05, 3.63) is 29.8 Å². The average Bonchev–Trinajstić information content (AvgIpc) is 1.77. The number of aromatic hydroxyl groups is 1. The van der Waals surface area contributed by atoms with E-state index in [4.69, 9.17) is 5.11 Å². The van der Waals surface area contributed by atoms with Crippen molar-refractivity contribution in [2.75, 3.05) is 0 Å². The van der Waals surface area contributed by atoms with Crippen molar-refractivity contribution in [2.24, 2.45) is 0 Å². The fourth-order valence-corrected chi connectivity index (χ4v) is 0.563. The zero-order valence-corrected chi connectivity index (χ0v) is 10.1. The van der Waals surface area contributed by atoms with Crippen LogP contribution in [0.15, 0.2) is 24.3 Å². The Hall–Kier alpha value is 0.462. The summed E-state index contributed by atoms with van der Waals surface area (Å²) in [6.45, 7) is 1.87. The first-order valence-electron chi connectivity index (χ1n) is 2.55. The van der Waals surface area contributed by atoms with E-state index in [1.807, 2.05) is 25.1 Å². The third-order valence-corrected chi connectivity index (χ3v) is 1.12. The molecule has 0 aromatic heterocycles. The predicted octanol–water partition coefficient (Wildman–Crippen LogP) is 1.70. The van der Waals surface area contributed by atoms with Gasteiger partial charge in [0.05, 0.1) is 0 Å². The quantitative estimate of drug-likeness (QED) is 0.765. The molecule has 0 aliphatic carbocycles. The van der Waals surface area contributed by atoms with Crippen molar-refractivity contribution in [1.29, 1.82) is 0 Å². The summed E-state index contributed by atoms with van der Waals surface area (Å²) in [6.07, 6.45) is 0. The van der Waals surface area contributed by atoms with Gasteiger partial charge in [-0.15, -0.1) is 0 Å². The molecule has 2 heteroatoms. The van der Waals surface area contributed by atoms with Gasteiger partial charge in [0.25, 0.3) is 0 Å². The normalized spacial score (nSPS) is 8.11. The summed E-state index contributed by atoms with van der Waals surface area (Å²) in [4.78, 5) is 0. The van der Waals surface area contributed by atoms with Gasteiger partial charge in [-0.3, -0.25) is 0 Å². The van der Waals surface area contributed by atoms with Gasteiger partial charge in [0.2, 0.25) is 0 Å². The fraction of sp³-hybridized carbons (Fsp3) is 0.143. The molecule has 45 valence electrons. The Morgan fingerprint density at radius 2 is 1.78 bits per heavy atom. The van der Waals surface area contributed by atoms with Crippen molar-refractivity contribution in [1.82, 2.24) is 0 Å². The third-order valence-electron chi connectivity index (χ3n) is 1.12. The Balaban J connectivity index is 0.000000640. The number of rotatable bonds is 0. The summed E-state index contributed by atoms with van der Waals surface area (Å²) in [5.41, 5.74) is 0.924. The number of phenols is 1. The molecule has 0 saturated carbocycles. The second-order valence-electron chi connectivity index (χ2n) is 1.79. The molecule has 0 heterocycles. The van der Waals surface area contributed by atoms with E-state index in [-0.39, 0.29) is 44.1 Å². The first kappa shape index (κ1) is 9.46. The van der Waals surface area contributed by atoms with Crippen molar-refractivity contribution >= 4 is 0 Å². The topological polar surface area (TPSA) is 20.2 Å². The van der Waals surface area contributed by atoms with E-state index >= 15 is 0 Å². The molecule has 0 aliphatic heterocycles. The molecule has 1 rings (SSSR count). The van der Waals surface area contributed by atoms with Gasteiger partial charge in [0.15, 0.2) is 0 Å². The molecule has 0 spiro atoms. The number of phenolic OH excluding ortho intramolecular Hbond substituents is 1. The maximum absolute atomic E-state index is 8.92. The van der Waals surface area contributed by atoms with Crippen LogP contribution in [0.5, 0.6) is 5.75 Å². The van der Waals surface area contributed by atoms with Gasteiger partial charge in [-0.2, -0.15) is 0 Å². The van der Waals surface area contributed by atoms with E-state index in [0.717, 1.165) is 5.56 Å². The Morgan fingerprint density at radius 1 is 1.22 bits per heavy atom. The number of benzene rings is 1. The number of aryl methyl sites for hydroxylation is 1. The van der Waals surface area contributed by atoms with Crippen molar-refractivity contribution in [3.8, 4) is 5.75 Å². The standard InChI is InChI=1S/C7H8O.Ac/c1-6-4-2-3-5-7(6)8;/h2-5,8H,1H3;. The molecule has 0 aliphatic rings. The molecule has 9 heavy (non-hydrogen) atoms. The van der Waals surface area contributed by atoms with Crippen molar-refractivity contribution < 1.29 is 49.2 Å². The number of hydrogen-bond acceptors (Lipinski definition) is 1. The van der Waals surface area contributed by atoms with Gasteiger partial charge in [-0.25, -0.2) is 0 Å². The minimum absolute atomic E-state index is 0. The molecular weight excluding hydrogens is 327 g/mol. The summed E-state index contributed by atoms with van der Waals surface area (Å²) in [6, 6.07) is 7.25. The Morgan fingerprint density at radius 3 is 2.11 bits per heavy atom. The molecule has 1 nitrogen and oxygen atoms in total. The first-order chi connectivity index (χ1) is 3.80. The van der Waals surface area contributed by atoms with Crippen LogP contribution >= 0.6 is 0 Å². The number of hydrogen-bond donors (Lipinski definition) is 1. The zero-order valence-electron chi connectivity index (χ0n) is 5.33. The Labute approximate surface area is 90.6 Å². The number of para-hydroxylation sites is 1. The molecule has 1 aromatic carbocycles. The van der Waals surface area contributed by atoms with E-state index in [9.17, 15) is 0 Å². The van der Waals surface area contributed by atoms with Gasteiger partial charge >= 0.3 is 0 Å². The van der Waals surface area contributed by atoms with Crippen LogP contribution in [0.1, 0.15) is 5.56 Å². The van der Waals surface area contributed by atoms with Crippen molar-refractivity contribution in [3.63, 3.8) is 0 Å². The van der Waals surface area contributed by atoms with Gasteiger partial charge in [-0.05, 0) is 18.6 Å². The second kappa shape index (κ2) is 4.30. The Kier molecular flexibility index (Phi) is 4.53. The molecule has 0 bridgehead atoms. The van der Waals surface area contributed by atoms with Crippen molar-refractivity contribution in [2.45, 2.75) is 6.92 Å². The molecule has 0 amide bonds. The minimum Gasteiger partial charge on any atom is -0.508 e. The Bertz CT molecular complexity index is 165. The maximum Gasteiger partial charge on any atom is 0.118 e. The molecular formula is C7H8AcO. The van der Waals surface area contributed by atoms with E-state index in [1.165, 1.54) is 0 Å². The zero-order chi connectivity index (χ0) is 5.98. The predicted molar refractivity (Wildman–Crippen MR) is 32.8 cm³/mol. The van der Waals surface area contributed by atoms with Crippen LogP contribution in [-0.4, -0.2) is 5.11 Å². The smallest absolute Gasteiger partial charge is 0.118 e. The van der Waals surface area contributed by atoms with E-state index in [1.54, 1.807) is 6.07 Å². The average molecular weight is 335 g/mol. The molecule has 0 fully saturated rings.